The van der Waals surface area contributed by atoms with Crippen LogP contribution in [0.25, 0.3) is 22.3 Å². The normalized spacial score (nSPS) is 12.9. The topological polar surface area (TPSA) is 172 Å². The Morgan fingerprint density at radius 2 is 0.875 bits per heavy atom. The van der Waals surface area contributed by atoms with Crippen LogP contribution in [0, 0.1) is 92.7 Å². The molecule has 6 aromatic rings. The minimum atomic E-state index is -1.17. The minimum absolute atomic E-state index is 0.0573. The summed E-state index contributed by atoms with van der Waals surface area (Å²) in [5.41, 5.74) is 14.0. The zero-order valence-corrected chi connectivity index (χ0v) is 55.6. The lowest BCUT2D eigenvalue weighted by molar-refractivity contribution is -0.144. The van der Waals surface area contributed by atoms with Crippen molar-refractivity contribution in [2.75, 3.05) is 47.9 Å². The lowest BCUT2D eigenvalue weighted by Gasteiger charge is -2.27. The lowest BCUT2D eigenvalue weighted by Crippen LogP contribution is -2.40. The maximum Gasteiger partial charge on any atom is 0.308 e. The van der Waals surface area contributed by atoms with Gasteiger partial charge in [0.15, 0.2) is 0 Å². The van der Waals surface area contributed by atoms with E-state index in [0.717, 1.165) is 97.4 Å². The number of aromatic nitrogens is 2. The van der Waals surface area contributed by atoms with Crippen molar-refractivity contribution in [2.24, 2.45) is 11.8 Å². The second-order valence-electron chi connectivity index (χ2n) is 25.5. The van der Waals surface area contributed by atoms with E-state index in [1.807, 2.05) is 116 Å². The van der Waals surface area contributed by atoms with Gasteiger partial charge >= 0.3 is 11.9 Å². The highest BCUT2D eigenvalue weighted by Crippen LogP contribution is 2.37. The summed E-state index contributed by atoms with van der Waals surface area (Å²) in [5, 5.41) is 15.6. The molecule has 2 aromatic heterocycles. The molecule has 0 fully saturated rings. The van der Waals surface area contributed by atoms with Crippen LogP contribution >= 0.6 is 0 Å². The first-order chi connectivity index (χ1) is 41.2. The Balaban J connectivity index is 0.000000321. The molecule has 4 aromatic carbocycles. The number of aliphatic carboxylic acids is 1. The summed E-state index contributed by atoms with van der Waals surface area (Å²) < 4.78 is 39.9. The largest absolute Gasteiger partial charge is 0.481 e. The molecule has 0 saturated carbocycles. The number of nitrogens with one attached hydrogen (secondary N) is 2. The van der Waals surface area contributed by atoms with E-state index in [2.05, 4.69) is 39.8 Å². The van der Waals surface area contributed by atoms with Crippen molar-refractivity contribution in [1.82, 2.24) is 29.6 Å². The maximum absolute atomic E-state index is 16.0. The number of benzene rings is 4. The smallest absolute Gasteiger partial charge is 0.308 e. The summed E-state index contributed by atoms with van der Waals surface area (Å²) in [4.78, 5) is 83.6. The Kier molecular flexibility index (Phi) is 25.5. The number of hydrogen-bond donors (Lipinski definition) is 3. The molecule has 0 radical (unpaired) electrons. The minimum Gasteiger partial charge on any atom is -0.481 e. The number of aryl methyl sites for hydroxylation is 10. The fourth-order valence-electron chi connectivity index (χ4n) is 11.9. The van der Waals surface area contributed by atoms with Crippen LogP contribution in [-0.2, 0) is 36.8 Å². The summed E-state index contributed by atoms with van der Waals surface area (Å²) in [6.07, 6.45) is 4.92. The molecule has 0 aliphatic heterocycles. The first-order valence-electron chi connectivity index (χ1n) is 30.7. The molecule has 0 aliphatic rings. The van der Waals surface area contributed by atoms with Gasteiger partial charge in [-0.05, 0) is 244 Å². The zero-order chi connectivity index (χ0) is 65.8. The third kappa shape index (κ3) is 19.0. The summed E-state index contributed by atoms with van der Waals surface area (Å²) >= 11 is 0. The van der Waals surface area contributed by atoms with E-state index in [0.29, 0.717) is 30.4 Å². The van der Waals surface area contributed by atoms with Crippen molar-refractivity contribution in [3.05, 3.63) is 183 Å². The van der Waals surface area contributed by atoms with Crippen LogP contribution in [0.15, 0.2) is 82.6 Å². The van der Waals surface area contributed by atoms with E-state index in [-0.39, 0.29) is 47.1 Å². The number of carboxylic acid groups (broad SMARTS) is 1. The van der Waals surface area contributed by atoms with E-state index in [1.54, 1.807) is 69.6 Å². The predicted octanol–water partition coefficient (Wildman–Crippen LogP) is 12.9. The average Bonchev–Trinajstić information content (AvgIpc) is 2.01. The number of carbonyl (C=O) groups is 4. The second kappa shape index (κ2) is 31.6. The van der Waals surface area contributed by atoms with Crippen LogP contribution in [0.5, 0.6) is 0 Å². The first kappa shape index (κ1) is 71.2. The standard InChI is InChI=1S/C37H50FN3O4.C35H46FN3O4/c1-11-45-34(43)20-31(30-19-29(17-27(8)36(30)38)35-25(6)15-23(4)16-26(35)7)39-37(44)32(14-22(2)3)41-21-28(12-13-40(9)10)24(5)18-33(41)42;1-20(2)12-30(39-19-26(10-11-38(8)9)22(4)16-31(39)40)35(43)37-29(18-32(41)42)28-17-27(15-25(7)34(28)36)33-23(5)13-21(3)14-24(33)6/h15-19,21-22,31-32H,11-14,20H2,1-10H3,(H,39,44);13-17,19-20,29-30H,10-12,18H2,1-9H3,(H,37,43)(H,41,42)/t31-,32?;29-,30?/m00/s1. The summed E-state index contributed by atoms with van der Waals surface area (Å²) in [6.45, 7) is 30.5. The van der Waals surface area contributed by atoms with Crippen molar-refractivity contribution in [2.45, 2.75) is 167 Å². The molecule has 2 unspecified atom stereocenters. The Morgan fingerprint density at radius 1 is 0.523 bits per heavy atom. The highest BCUT2D eigenvalue weighted by Gasteiger charge is 2.32. The molecule has 16 heteroatoms. The fourth-order valence-corrected chi connectivity index (χ4v) is 11.9. The molecular weight excluding hydrogens is 1110 g/mol. The molecular formula is C72H96F2N6O8. The monoisotopic (exact) mass is 1210 g/mol. The van der Waals surface area contributed by atoms with Crippen molar-refractivity contribution >= 4 is 23.8 Å². The van der Waals surface area contributed by atoms with Crippen LogP contribution in [0.1, 0.15) is 162 Å². The number of ether oxygens (including phenoxy) is 1. The molecule has 0 bridgehead atoms. The van der Waals surface area contributed by atoms with Crippen LogP contribution in [-0.4, -0.2) is 95.7 Å². The van der Waals surface area contributed by atoms with Crippen molar-refractivity contribution in [1.29, 1.82) is 0 Å². The number of carboxylic acids is 1. The SMILES string of the molecule is CCOC(=O)C[C@H](NC(=O)C(CC(C)C)n1cc(CCN(C)C)c(C)cc1=O)c1cc(-c2c(C)cc(C)cc2C)cc(C)c1F.Cc1cc(C)c(-c2cc(C)c(F)c([C@H](CC(=O)O)NC(=O)C(CC(C)C)n3cc(CCN(C)C)c(C)cc3=O)c2)c(C)c1. The van der Waals surface area contributed by atoms with Gasteiger partial charge in [-0.3, -0.25) is 28.8 Å². The highest BCUT2D eigenvalue weighted by molar-refractivity contribution is 5.83. The molecule has 2 amide bonds. The molecule has 6 rings (SSSR count). The van der Waals surface area contributed by atoms with Gasteiger partial charge in [-0.2, -0.15) is 0 Å². The number of rotatable bonds is 25. The summed E-state index contributed by atoms with van der Waals surface area (Å²) in [6, 6.07) is 14.4. The number of halogens is 2. The van der Waals surface area contributed by atoms with Gasteiger partial charge in [0, 0.05) is 48.7 Å². The quantitative estimate of drug-likeness (QED) is 0.0468. The first-order valence-corrected chi connectivity index (χ1v) is 30.7. The highest BCUT2D eigenvalue weighted by atomic mass is 19.1. The van der Waals surface area contributed by atoms with Crippen molar-refractivity contribution in [3.8, 4) is 22.3 Å². The third-order valence-corrected chi connectivity index (χ3v) is 16.1. The molecule has 476 valence electrons. The van der Waals surface area contributed by atoms with Crippen LogP contribution in [0.4, 0.5) is 8.78 Å². The van der Waals surface area contributed by atoms with Gasteiger partial charge < -0.3 is 39.4 Å². The van der Waals surface area contributed by atoms with E-state index < -0.39 is 66.0 Å². The average molecular weight is 1210 g/mol. The van der Waals surface area contributed by atoms with E-state index >= 15 is 8.78 Å². The molecule has 2 heterocycles. The number of esters is 1. The van der Waals surface area contributed by atoms with Gasteiger partial charge in [0.25, 0.3) is 11.1 Å². The van der Waals surface area contributed by atoms with Gasteiger partial charge in [0.1, 0.15) is 23.7 Å². The molecule has 0 saturated heterocycles. The van der Waals surface area contributed by atoms with Crippen molar-refractivity contribution < 1.29 is 37.8 Å². The molecule has 88 heavy (non-hydrogen) atoms. The number of likely N-dealkylation sites (N-methyl/N-ethyl adjacent to an activating group) is 2. The molecule has 0 spiro atoms. The number of amides is 2. The van der Waals surface area contributed by atoms with Gasteiger partial charge in [-0.15, -0.1) is 0 Å². The molecule has 3 N–H and O–H groups in total. The Bertz CT molecular complexity index is 3570. The molecule has 0 aliphatic carbocycles. The number of hydrogen-bond acceptors (Lipinski definition) is 9. The maximum atomic E-state index is 16.0. The second-order valence-corrected chi connectivity index (χ2v) is 25.5. The predicted molar refractivity (Wildman–Crippen MR) is 349 cm³/mol. The van der Waals surface area contributed by atoms with Gasteiger partial charge in [-0.25, -0.2) is 8.78 Å². The Morgan fingerprint density at radius 3 is 1.19 bits per heavy atom. The number of pyridine rings is 2. The van der Waals surface area contributed by atoms with Gasteiger partial charge in [-0.1, -0.05) is 63.1 Å². The summed E-state index contributed by atoms with van der Waals surface area (Å²) in [7, 11) is 7.92. The Labute approximate surface area is 520 Å². The fraction of sp³-hybridized carbons (Fsp3) is 0.472. The number of carbonyl (C=O) groups excluding carboxylic acids is 3. The van der Waals surface area contributed by atoms with Gasteiger partial charge in [0.05, 0.1) is 31.5 Å². The number of nitrogens with zero attached hydrogens (tertiary/aromatic N) is 4. The van der Waals surface area contributed by atoms with Crippen LogP contribution < -0.4 is 21.8 Å². The Hall–Kier alpha value is -7.56. The third-order valence-electron chi connectivity index (χ3n) is 16.1. The van der Waals surface area contributed by atoms with E-state index in [4.69, 9.17) is 4.74 Å². The zero-order valence-electron chi connectivity index (χ0n) is 55.6. The van der Waals surface area contributed by atoms with Crippen molar-refractivity contribution in [3.63, 3.8) is 0 Å². The van der Waals surface area contributed by atoms with E-state index in [1.165, 1.54) is 9.13 Å². The lowest BCUT2D eigenvalue weighted by atomic mass is 9.89. The van der Waals surface area contributed by atoms with Crippen LogP contribution in [0.3, 0.4) is 0 Å². The van der Waals surface area contributed by atoms with E-state index in [9.17, 15) is 33.9 Å². The van der Waals surface area contributed by atoms with Crippen LogP contribution in [0.2, 0.25) is 0 Å². The summed E-state index contributed by atoms with van der Waals surface area (Å²) in [5.74, 6) is -3.60. The molecule has 14 nitrogen and oxygen atoms in total. The molecule has 4 atom stereocenters. The van der Waals surface area contributed by atoms with Gasteiger partial charge in [0.2, 0.25) is 11.8 Å².